The summed E-state index contributed by atoms with van der Waals surface area (Å²) >= 11 is 13.9. The summed E-state index contributed by atoms with van der Waals surface area (Å²) in [6.07, 6.45) is 0. The van der Waals surface area contributed by atoms with Gasteiger partial charge in [0.25, 0.3) is 0 Å². The molecule has 2 rings (SSSR count). The molecule has 0 saturated heterocycles. The zero-order chi connectivity index (χ0) is 13.1. The molecule has 8 heteroatoms. The van der Waals surface area contributed by atoms with Crippen LogP contribution in [0, 0.1) is 0 Å². The fourth-order valence-corrected chi connectivity index (χ4v) is 5.02. The third-order valence-electron chi connectivity index (χ3n) is 1.74. The quantitative estimate of drug-likeness (QED) is 0.668. The third kappa shape index (κ3) is 3.76. The highest BCUT2D eigenvalue weighted by Crippen LogP contribution is 2.35. The lowest BCUT2D eigenvalue weighted by Gasteiger charge is -1.95. The van der Waals surface area contributed by atoms with E-state index in [-0.39, 0.29) is 10.2 Å². The average Bonchev–Trinajstić information content (AvgIpc) is 2.94. The second-order valence-corrected chi connectivity index (χ2v) is 8.45. The Morgan fingerprint density at radius 2 is 1.22 bits per heavy atom. The molecule has 2 heterocycles. The van der Waals surface area contributed by atoms with Crippen molar-refractivity contribution in [1.29, 1.82) is 0 Å². The normalized spacial score (nSPS) is 10.6. The first-order valence-corrected chi connectivity index (χ1v) is 9.04. The minimum atomic E-state index is -0.173. The topological polar surface area (TPSA) is 34.1 Å². The van der Waals surface area contributed by atoms with Crippen molar-refractivity contribution in [2.24, 2.45) is 0 Å². The molecule has 0 N–H and O–H groups in total. The molecule has 0 aliphatic rings. The van der Waals surface area contributed by atoms with E-state index >= 15 is 0 Å². The first-order valence-electron chi connectivity index (χ1n) is 4.50. The Hall–Kier alpha value is 0.0200. The zero-order valence-electron chi connectivity index (χ0n) is 8.51. The molecule has 0 radical (unpaired) electrons. The predicted octanol–water partition coefficient (Wildman–Crippen LogP) is 5.48. The number of carbonyl (C=O) groups is 2. The van der Waals surface area contributed by atoms with Gasteiger partial charge in [0, 0.05) is 0 Å². The first-order chi connectivity index (χ1) is 8.56. The van der Waals surface area contributed by atoms with Gasteiger partial charge in [0.05, 0.1) is 18.4 Å². The smallest absolute Gasteiger partial charge is 0.240 e. The van der Waals surface area contributed by atoms with Gasteiger partial charge in [-0.05, 0) is 45.9 Å². The van der Waals surface area contributed by atoms with E-state index < -0.39 is 0 Å². The second kappa shape index (κ2) is 6.45. The molecule has 2 aromatic rings. The summed E-state index contributed by atoms with van der Waals surface area (Å²) < 4.78 is 1.11. The van der Waals surface area contributed by atoms with Gasteiger partial charge in [-0.15, -0.1) is 22.7 Å². The van der Waals surface area contributed by atoms with Crippen LogP contribution in [-0.2, 0) is 0 Å². The molecule has 0 atom stereocenters. The second-order valence-electron chi connectivity index (χ2n) is 2.95. The lowest BCUT2D eigenvalue weighted by Crippen LogP contribution is -1.90. The monoisotopic (exact) mass is 354 g/mol. The maximum Gasteiger partial charge on any atom is 0.240 e. The van der Waals surface area contributed by atoms with Crippen LogP contribution >= 0.6 is 67.5 Å². The maximum absolute atomic E-state index is 11.7. The Morgan fingerprint density at radius 1 is 0.833 bits per heavy atom. The Kier molecular flexibility index (Phi) is 5.17. The summed E-state index contributed by atoms with van der Waals surface area (Å²) in [6, 6.07) is 6.61. The summed E-state index contributed by atoms with van der Waals surface area (Å²) in [4.78, 5) is 24.5. The van der Waals surface area contributed by atoms with E-state index in [1.807, 2.05) is 0 Å². The predicted molar refractivity (Wildman–Crippen MR) is 82.5 cm³/mol. The highest BCUT2D eigenvalue weighted by Gasteiger charge is 2.15. The van der Waals surface area contributed by atoms with Crippen LogP contribution in [0.5, 0.6) is 0 Å². The van der Waals surface area contributed by atoms with Crippen molar-refractivity contribution >= 4 is 77.7 Å². The minimum absolute atomic E-state index is 0.173. The van der Waals surface area contributed by atoms with Gasteiger partial charge < -0.3 is 0 Å². The molecule has 18 heavy (non-hydrogen) atoms. The van der Waals surface area contributed by atoms with E-state index in [1.165, 1.54) is 22.7 Å². The zero-order valence-corrected chi connectivity index (χ0v) is 13.3. The van der Waals surface area contributed by atoms with Crippen LogP contribution < -0.4 is 0 Å². The molecule has 0 unspecified atom stereocenters. The molecule has 0 aliphatic heterocycles. The van der Waals surface area contributed by atoms with Gasteiger partial charge in [0.2, 0.25) is 10.2 Å². The molecule has 0 bridgehead atoms. The summed E-state index contributed by atoms with van der Waals surface area (Å²) in [5.74, 6) is 0. The molecule has 0 spiro atoms. The Morgan fingerprint density at radius 3 is 1.50 bits per heavy atom. The number of halogens is 2. The van der Waals surface area contributed by atoms with Gasteiger partial charge >= 0.3 is 0 Å². The molecule has 0 saturated carbocycles. The standard InChI is InChI=1S/C10H4Cl2O2S4/c11-7-3-1-5(15-7)9(13)17-18-10(14)6-2-4-8(12)16-6/h1-4H. The van der Waals surface area contributed by atoms with Crippen LogP contribution in [0.4, 0.5) is 0 Å². The van der Waals surface area contributed by atoms with Crippen LogP contribution in [0.25, 0.3) is 0 Å². The summed E-state index contributed by atoms with van der Waals surface area (Å²) in [6.45, 7) is 0. The fourth-order valence-electron chi connectivity index (χ4n) is 1.01. The molecule has 2 aromatic heterocycles. The first kappa shape index (κ1) is 14.4. The van der Waals surface area contributed by atoms with Crippen molar-refractivity contribution < 1.29 is 9.59 Å². The maximum atomic E-state index is 11.7. The van der Waals surface area contributed by atoms with Crippen molar-refractivity contribution in [3.63, 3.8) is 0 Å². The van der Waals surface area contributed by atoms with E-state index in [0.717, 1.165) is 21.6 Å². The van der Waals surface area contributed by atoms with E-state index in [2.05, 4.69) is 0 Å². The van der Waals surface area contributed by atoms with Crippen molar-refractivity contribution in [3.05, 3.63) is 42.7 Å². The molecule has 0 fully saturated rings. The Labute approximate surface area is 129 Å². The van der Waals surface area contributed by atoms with Crippen molar-refractivity contribution in [1.82, 2.24) is 0 Å². The van der Waals surface area contributed by atoms with Crippen LogP contribution in [0.15, 0.2) is 24.3 Å². The van der Waals surface area contributed by atoms with Crippen molar-refractivity contribution in [2.75, 3.05) is 0 Å². The highest BCUT2D eigenvalue weighted by atomic mass is 35.5. The van der Waals surface area contributed by atoms with E-state index in [9.17, 15) is 9.59 Å². The Balaban J connectivity index is 1.92. The molecule has 0 amide bonds. The summed E-state index contributed by atoms with van der Waals surface area (Å²) in [5.41, 5.74) is 0. The molecule has 0 aliphatic carbocycles. The van der Waals surface area contributed by atoms with Crippen LogP contribution in [-0.4, -0.2) is 10.2 Å². The molecule has 94 valence electrons. The van der Waals surface area contributed by atoms with E-state index in [4.69, 9.17) is 23.2 Å². The van der Waals surface area contributed by atoms with Gasteiger partial charge in [0.1, 0.15) is 0 Å². The number of rotatable bonds is 2. The van der Waals surface area contributed by atoms with Gasteiger partial charge in [-0.25, -0.2) is 0 Å². The van der Waals surface area contributed by atoms with Crippen molar-refractivity contribution in [3.8, 4) is 0 Å². The molecular formula is C10H4Cl2O2S4. The minimum Gasteiger partial charge on any atom is -0.280 e. The van der Waals surface area contributed by atoms with E-state index in [0.29, 0.717) is 18.4 Å². The number of hydrogen-bond donors (Lipinski definition) is 0. The largest absolute Gasteiger partial charge is 0.280 e. The molecule has 0 aromatic carbocycles. The van der Waals surface area contributed by atoms with E-state index in [1.54, 1.807) is 24.3 Å². The van der Waals surface area contributed by atoms with Gasteiger partial charge in [0.15, 0.2) is 0 Å². The average molecular weight is 355 g/mol. The lowest BCUT2D eigenvalue weighted by molar-refractivity contribution is 0.108. The summed E-state index contributed by atoms with van der Waals surface area (Å²) in [7, 11) is 1.80. The number of carbonyl (C=O) groups excluding carboxylic acids is 2. The fraction of sp³-hybridized carbons (Fsp3) is 0. The van der Waals surface area contributed by atoms with Gasteiger partial charge in [-0.2, -0.15) is 0 Å². The highest BCUT2D eigenvalue weighted by molar-refractivity contribution is 8.87. The lowest BCUT2D eigenvalue weighted by atomic mass is 10.5. The van der Waals surface area contributed by atoms with Crippen molar-refractivity contribution in [2.45, 2.75) is 0 Å². The molecule has 2 nitrogen and oxygen atoms in total. The summed E-state index contributed by atoms with van der Waals surface area (Å²) in [5, 5.41) is -0.346. The van der Waals surface area contributed by atoms with Crippen LogP contribution in [0.1, 0.15) is 19.3 Å². The van der Waals surface area contributed by atoms with Crippen LogP contribution in [0.3, 0.4) is 0 Å². The SMILES string of the molecule is O=C(SSC(=O)c1ccc(Cl)s1)c1ccc(Cl)s1. The number of thiophene rings is 2. The van der Waals surface area contributed by atoms with Gasteiger partial charge in [-0.1, -0.05) is 23.2 Å². The molecular weight excluding hydrogens is 351 g/mol. The van der Waals surface area contributed by atoms with Crippen LogP contribution in [0.2, 0.25) is 8.67 Å². The third-order valence-corrected chi connectivity index (χ3v) is 6.44. The van der Waals surface area contributed by atoms with Gasteiger partial charge in [-0.3, -0.25) is 9.59 Å². The Bertz CT molecular complexity index is 538. The number of hydrogen-bond acceptors (Lipinski definition) is 6.